The molecule has 2 atom stereocenters. The molecule has 318 valence electrons. The van der Waals surface area contributed by atoms with Gasteiger partial charge in [-0.3, -0.25) is 38.7 Å². The Morgan fingerprint density at radius 3 is 1.64 bits per heavy atom. The van der Waals surface area contributed by atoms with Gasteiger partial charge in [-0.1, -0.05) is 92.4 Å². The summed E-state index contributed by atoms with van der Waals surface area (Å²) < 4.78 is 0. The number of nitrogens with one attached hydrogen (secondary N) is 1. The number of amides is 1. The van der Waals surface area contributed by atoms with Crippen LogP contribution in [0.1, 0.15) is 150 Å². The molecular weight excluding hydrogens is 703 g/mol. The molecule has 1 amide bonds. The number of rotatable bonds is 34. The standard InChI is InChI=1S/C26H49N3O5.C12H22BNO2.C3H6O2/c1-5-9-23(26(34)22-10-8-11-22)29(13-6-2)18-17-28(20-25(32)33)16-15-27(19-24(30)31)14-12-21(4)7-3;13-12(16)9-7-5-3-1-2-4-6-8-10-14-11-15;1-2-3(4)5/h21-23H,5-20H2,1-4H3,(H,30,31)(H,32,33);11H,1-10H2,(H,14,15);2H2,1H3,(H,4,5). The van der Waals surface area contributed by atoms with Crippen molar-refractivity contribution in [3.8, 4) is 0 Å². The summed E-state index contributed by atoms with van der Waals surface area (Å²) in [5.41, 5.74) is -0.192. The van der Waals surface area contributed by atoms with E-state index in [1.807, 2.05) is 9.80 Å². The minimum Gasteiger partial charge on any atom is -0.481 e. The van der Waals surface area contributed by atoms with Crippen LogP contribution in [0.4, 0.5) is 0 Å². The van der Waals surface area contributed by atoms with Crippen LogP contribution < -0.4 is 5.32 Å². The lowest BCUT2D eigenvalue weighted by Gasteiger charge is -2.36. The molecule has 0 aromatic rings. The lowest BCUT2D eigenvalue weighted by atomic mass is 9.78. The van der Waals surface area contributed by atoms with E-state index in [1.54, 1.807) is 6.92 Å². The number of aliphatic carboxylic acids is 3. The normalized spacial score (nSPS) is 13.5. The highest BCUT2D eigenvalue weighted by Gasteiger charge is 2.34. The smallest absolute Gasteiger partial charge is 0.317 e. The van der Waals surface area contributed by atoms with Crippen LogP contribution in [0.2, 0.25) is 0 Å². The monoisotopic (exact) mass is 781 g/mol. The van der Waals surface area contributed by atoms with Crippen molar-refractivity contribution in [1.82, 2.24) is 20.0 Å². The third-order valence-corrected chi connectivity index (χ3v) is 10.0. The van der Waals surface area contributed by atoms with Crippen molar-refractivity contribution >= 4 is 43.6 Å². The molecule has 1 aliphatic carbocycles. The molecule has 14 heteroatoms. The molecule has 0 aliphatic heterocycles. The second kappa shape index (κ2) is 36.8. The molecule has 1 aliphatic rings. The van der Waals surface area contributed by atoms with Crippen molar-refractivity contribution in [2.24, 2.45) is 11.8 Å². The summed E-state index contributed by atoms with van der Waals surface area (Å²) >= 11 is 0. The van der Waals surface area contributed by atoms with E-state index in [4.69, 9.17) is 13.0 Å². The summed E-state index contributed by atoms with van der Waals surface area (Å²) in [6.45, 7) is 14.5. The Morgan fingerprint density at radius 1 is 0.709 bits per heavy atom. The molecule has 13 nitrogen and oxygen atoms in total. The third-order valence-electron chi connectivity index (χ3n) is 10.0. The summed E-state index contributed by atoms with van der Waals surface area (Å²) in [6, 6.07) is -0.0824. The van der Waals surface area contributed by atoms with Crippen LogP contribution in [-0.4, -0.2) is 139 Å². The number of hydrogen-bond donors (Lipinski definition) is 4. The average Bonchev–Trinajstić information content (AvgIpc) is 3.11. The Balaban J connectivity index is 0. The number of carboxylic acid groups (broad SMARTS) is 3. The Kier molecular flexibility index (Phi) is 36.3. The van der Waals surface area contributed by atoms with Gasteiger partial charge in [-0.2, -0.15) is 0 Å². The zero-order valence-corrected chi connectivity index (χ0v) is 35.1. The van der Waals surface area contributed by atoms with Gasteiger partial charge in [0.1, 0.15) is 0 Å². The predicted octanol–water partition coefficient (Wildman–Crippen LogP) is 5.87. The van der Waals surface area contributed by atoms with Gasteiger partial charge in [0.05, 0.1) is 24.8 Å². The molecule has 1 rings (SSSR count). The van der Waals surface area contributed by atoms with E-state index in [0.29, 0.717) is 50.8 Å². The van der Waals surface area contributed by atoms with Crippen molar-refractivity contribution in [1.29, 1.82) is 0 Å². The quantitative estimate of drug-likeness (QED) is 0.0347. The molecule has 2 radical (unpaired) electrons. The number of nitrogens with zero attached hydrogens (tertiary/aromatic N) is 3. The number of carbonyl (C=O) groups is 6. The summed E-state index contributed by atoms with van der Waals surface area (Å²) in [7, 11) is 5.04. The molecule has 0 spiro atoms. The number of carboxylic acids is 3. The first-order chi connectivity index (χ1) is 26.2. The Morgan fingerprint density at radius 2 is 1.22 bits per heavy atom. The summed E-state index contributed by atoms with van der Waals surface area (Å²) in [5, 5.41) is 29.1. The maximum absolute atomic E-state index is 13.1. The maximum atomic E-state index is 13.1. The van der Waals surface area contributed by atoms with Crippen LogP contribution in [0.25, 0.3) is 0 Å². The van der Waals surface area contributed by atoms with Gasteiger partial charge < -0.3 is 25.4 Å². The van der Waals surface area contributed by atoms with E-state index < -0.39 is 17.9 Å². The number of carbonyl (C=O) groups excluding carboxylic acids is 3. The van der Waals surface area contributed by atoms with Crippen molar-refractivity contribution < 1.29 is 44.1 Å². The van der Waals surface area contributed by atoms with Crippen LogP contribution in [-0.2, 0) is 28.8 Å². The first kappa shape index (κ1) is 54.3. The van der Waals surface area contributed by atoms with Gasteiger partial charge in [0.25, 0.3) is 0 Å². The summed E-state index contributed by atoms with van der Waals surface area (Å²) in [5.74, 6) is -1.41. The highest BCUT2D eigenvalue weighted by atomic mass is 16.4. The van der Waals surface area contributed by atoms with Crippen LogP contribution >= 0.6 is 0 Å². The van der Waals surface area contributed by atoms with Gasteiger partial charge in [-0.25, -0.2) is 0 Å². The molecule has 0 aromatic carbocycles. The minimum atomic E-state index is -0.887. The van der Waals surface area contributed by atoms with E-state index in [9.17, 15) is 39.0 Å². The van der Waals surface area contributed by atoms with E-state index in [2.05, 4.69) is 37.9 Å². The van der Waals surface area contributed by atoms with Gasteiger partial charge in [-0.05, 0) is 70.4 Å². The molecular formula is C41H77BN4O9. The van der Waals surface area contributed by atoms with Gasteiger partial charge in [0.2, 0.25) is 6.41 Å². The molecule has 1 saturated carbocycles. The molecule has 0 bridgehead atoms. The molecule has 2 unspecified atom stereocenters. The largest absolute Gasteiger partial charge is 0.481 e. The maximum Gasteiger partial charge on any atom is 0.317 e. The van der Waals surface area contributed by atoms with E-state index >= 15 is 0 Å². The Labute approximate surface area is 334 Å². The Hall–Kier alpha value is -2.84. The topological polar surface area (TPSA) is 185 Å². The zero-order chi connectivity index (χ0) is 41.9. The average molecular weight is 781 g/mol. The number of hydrogen-bond acceptors (Lipinski definition) is 9. The van der Waals surface area contributed by atoms with E-state index in [1.165, 1.54) is 32.1 Å². The fourth-order valence-electron chi connectivity index (χ4n) is 6.18. The van der Waals surface area contributed by atoms with E-state index in [0.717, 1.165) is 90.1 Å². The number of Topliss-reactive ketones (excluding diaryl/α,β-unsaturated/α-hetero) is 1. The van der Waals surface area contributed by atoms with Crippen molar-refractivity contribution in [3.63, 3.8) is 0 Å². The Bertz CT molecular complexity index is 1030. The predicted molar refractivity (Wildman–Crippen MR) is 219 cm³/mol. The second-order valence-electron chi connectivity index (χ2n) is 14.9. The fourth-order valence-corrected chi connectivity index (χ4v) is 6.18. The summed E-state index contributed by atoms with van der Waals surface area (Å²) in [4.78, 5) is 71.8. The first-order valence-corrected chi connectivity index (χ1v) is 21.1. The lowest BCUT2D eigenvalue weighted by molar-refractivity contribution is -0.140. The highest BCUT2D eigenvalue weighted by Crippen LogP contribution is 2.30. The minimum absolute atomic E-state index is 0.0340. The number of ketones is 1. The van der Waals surface area contributed by atoms with Gasteiger partial charge in [-0.15, -0.1) is 0 Å². The van der Waals surface area contributed by atoms with Crippen molar-refractivity contribution in [2.45, 2.75) is 156 Å². The second-order valence-corrected chi connectivity index (χ2v) is 14.9. The molecule has 55 heavy (non-hydrogen) atoms. The van der Waals surface area contributed by atoms with Crippen LogP contribution in [0, 0.1) is 11.8 Å². The lowest BCUT2D eigenvalue weighted by Crippen LogP contribution is -2.49. The van der Waals surface area contributed by atoms with Gasteiger partial charge >= 0.3 is 17.9 Å². The molecule has 0 heterocycles. The SMILES string of the molecule is CCC(=O)O.CCCC(C(=O)C1CCC1)N(CCC)CCN(CCN(CCC(C)CC)CC(=O)O)CC(=O)O.[B]C(=O)CCCCCCCCCCNC=O. The summed E-state index contributed by atoms with van der Waals surface area (Å²) in [6.07, 6.45) is 18.5. The third kappa shape index (κ3) is 33.1. The molecule has 0 aromatic heterocycles. The zero-order valence-electron chi connectivity index (χ0n) is 35.1. The van der Waals surface area contributed by atoms with Crippen molar-refractivity contribution in [2.75, 3.05) is 58.9 Å². The van der Waals surface area contributed by atoms with Crippen LogP contribution in [0.15, 0.2) is 0 Å². The van der Waals surface area contributed by atoms with Gasteiger partial charge in [0, 0.05) is 45.1 Å². The molecule has 4 N–H and O–H groups in total. The molecule has 1 fully saturated rings. The molecule has 0 saturated heterocycles. The van der Waals surface area contributed by atoms with Crippen LogP contribution in [0.3, 0.4) is 0 Å². The van der Waals surface area contributed by atoms with Gasteiger partial charge in [0.15, 0.2) is 13.6 Å². The van der Waals surface area contributed by atoms with Crippen molar-refractivity contribution in [3.05, 3.63) is 0 Å². The van der Waals surface area contributed by atoms with E-state index in [-0.39, 0.29) is 37.2 Å². The first-order valence-electron chi connectivity index (χ1n) is 21.1. The fraction of sp³-hybridized carbons (Fsp3) is 0.854. The van der Waals surface area contributed by atoms with Crippen LogP contribution in [0.5, 0.6) is 0 Å². The highest BCUT2D eigenvalue weighted by molar-refractivity contribution is 6.57. The number of unbranched alkanes of at least 4 members (excludes halogenated alkanes) is 7.